The molecule has 0 radical (unpaired) electrons. The summed E-state index contributed by atoms with van der Waals surface area (Å²) in [5.41, 5.74) is 0. The van der Waals surface area contributed by atoms with Gasteiger partial charge < -0.3 is 9.47 Å². The van der Waals surface area contributed by atoms with Crippen LogP contribution in [0.1, 0.15) is 6.92 Å². The normalized spacial score (nSPS) is 8.57. The molecule has 0 unspecified atom stereocenters. The van der Waals surface area contributed by atoms with Gasteiger partial charge in [0.15, 0.2) is 6.29 Å². The smallest absolute Gasteiger partial charge is 0.154 e. The summed E-state index contributed by atoms with van der Waals surface area (Å²) in [7, 11) is 3.21. The van der Waals surface area contributed by atoms with Crippen molar-refractivity contribution in [3.8, 4) is 0 Å². The van der Waals surface area contributed by atoms with E-state index in [1.807, 2.05) is 6.92 Å². The topological polar surface area (TPSA) is 18.5 Å². The minimum Gasteiger partial charge on any atom is -0.356 e. The summed E-state index contributed by atoms with van der Waals surface area (Å²) < 4.78 is 9.35. The van der Waals surface area contributed by atoms with E-state index in [0.717, 1.165) is 0 Å². The number of methoxy groups -OCH3 is 2. The van der Waals surface area contributed by atoms with Crippen LogP contribution in [0.5, 0.6) is 0 Å². The second-order valence-corrected chi connectivity index (χ2v) is 1.04. The van der Waals surface area contributed by atoms with E-state index in [9.17, 15) is 0 Å². The van der Waals surface area contributed by atoms with Crippen LogP contribution in [0.4, 0.5) is 0 Å². The largest absolute Gasteiger partial charge is 0.356 e. The molecule has 0 aliphatic heterocycles. The van der Waals surface area contributed by atoms with Gasteiger partial charge in [0.25, 0.3) is 0 Å². The van der Waals surface area contributed by atoms with Crippen molar-refractivity contribution in [2.75, 3.05) is 14.2 Å². The van der Waals surface area contributed by atoms with Gasteiger partial charge in [0.1, 0.15) is 0 Å². The summed E-state index contributed by atoms with van der Waals surface area (Å²) in [4.78, 5) is 0. The first-order chi connectivity index (χ1) is 2.81. The zero-order valence-corrected chi connectivity index (χ0v) is 5.45. The second kappa shape index (κ2) is 7.18. The van der Waals surface area contributed by atoms with Gasteiger partial charge in [0, 0.05) is 52.0 Å². The van der Waals surface area contributed by atoms with Crippen LogP contribution in [0.25, 0.3) is 0 Å². The Balaban J connectivity index is 0. The van der Waals surface area contributed by atoms with Gasteiger partial charge in [-0.1, -0.05) is 0 Å². The molecule has 7 heavy (non-hydrogen) atoms. The van der Waals surface area contributed by atoms with E-state index in [1.54, 1.807) is 14.2 Å². The fraction of sp³-hybridized carbons (Fsp3) is 1.00. The molecule has 0 fully saturated rings. The minimum atomic E-state index is -0.0648. The Hall–Kier alpha value is 1.18. The van der Waals surface area contributed by atoms with Crippen LogP contribution in [0.2, 0.25) is 0 Å². The van der Waals surface area contributed by atoms with Gasteiger partial charge in [0.05, 0.1) is 0 Å². The van der Waals surface area contributed by atoms with Crippen molar-refractivity contribution < 1.29 is 47.2 Å². The summed E-state index contributed by atoms with van der Waals surface area (Å²) in [5.74, 6) is 0. The molecule has 0 N–H and O–H groups in total. The Kier molecular flexibility index (Phi) is 11.3. The Bertz CT molecular complexity index is 28.9. The van der Waals surface area contributed by atoms with Gasteiger partial charge in [-0.3, -0.25) is 0 Å². The molecular formula is C4H10ArO2. The van der Waals surface area contributed by atoms with E-state index in [-0.39, 0.29) is 44.0 Å². The zero-order chi connectivity index (χ0) is 4.99. The monoisotopic (exact) mass is 130 g/mol. The molecule has 0 aliphatic carbocycles. The van der Waals surface area contributed by atoms with Gasteiger partial charge in [0.2, 0.25) is 0 Å². The van der Waals surface area contributed by atoms with E-state index in [4.69, 9.17) is 0 Å². The first-order valence-corrected chi connectivity index (χ1v) is 1.87. The van der Waals surface area contributed by atoms with Gasteiger partial charge in [-0.05, 0) is 6.92 Å². The molecule has 0 spiro atoms. The van der Waals surface area contributed by atoms with Crippen LogP contribution >= 0.6 is 0 Å². The summed E-state index contributed by atoms with van der Waals surface area (Å²) in [6.07, 6.45) is -0.0648. The number of ether oxygens (including phenoxy) is 2. The summed E-state index contributed by atoms with van der Waals surface area (Å²) in [5, 5.41) is 0. The zero-order valence-electron chi connectivity index (χ0n) is 4.75. The van der Waals surface area contributed by atoms with E-state index < -0.39 is 0 Å². The Morgan fingerprint density at radius 1 is 1.14 bits per heavy atom. The molecular weight excluding hydrogens is 120 g/mol. The molecule has 3 heteroatoms. The maximum absolute atomic E-state index is 4.68. The third kappa shape index (κ3) is 7.18. The van der Waals surface area contributed by atoms with Gasteiger partial charge in [-0.25, -0.2) is 0 Å². The average Bonchev–Trinajstić information content (AvgIpc) is 1.65. The summed E-state index contributed by atoms with van der Waals surface area (Å²) in [6, 6.07) is 0. The van der Waals surface area contributed by atoms with Crippen molar-refractivity contribution in [1.29, 1.82) is 0 Å². The van der Waals surface area contributed by atoms with E-state index in [2.05, 4.69) is 9.47 Å². The van der Waals surface area contributed by atoms with Crippen LogP contribution in [-0.4, -0.2) is 20.5 Å². The Labute approximate surface area is 74.2 Å². The molecule has 0 aliphatic rings. The third-order valence-electron chi connectivity index (χ3n) is 0.664. The van der Waals surface area contributed by atoms with Crippen LogP contribution in [-0.2, 0) is 9.47 Å². The van der Waals surface area contributed by atoms with Crippen molar-refractivity contribution in [2.24, 2.45) is 0 Å². The fourth-order valence-corrected chi connectivity index (χ4v) is 0.0962. The number of hydrogen-bond acceptors (Lipinski definition) is 2. The van der Waals surface area contributed by atoms with E-state index >= 15 is 0 Å². The SMILES string of the molecule is COC(C)OC.[Ar]. The second-order valence-electron chi connectivity index (χ2n) is 1.04. The molecule has 0 amide bonds. The van der Waals surface area contributed by atoms with Crippen molar-refractivity contribution in [1.82, 2.24) is 0 Å². The molecule has 0 heterocycles. The molecule has 0 saturated carbocycles. The minimum absolute atomic E-state index is 0. The quantitative estimate of drug-likeness (QED) is 0.510. The molecule has 0 rings (SSSR count). The first kappa shape index (κ1) is 11.0. The molecule has 46 valence electrons. The fourth-order valence-electron chi connectivity index (χ4n) is 0.0962. The van der Waals surface area contributed by atoms with E-state index in [0.29, 0.717) is 0 Å². The molecule has 0 aromatic rings. The molecule has 0 saturated heterocycles. The van der Waals surface area contributed by atoms with Crippen LogP contribution in [0.15, 0.2) is 0 Å². The van der Waals surface area contributed by atoms with Crippen molar-refractivity contribution >= 4 is 0 Å². The molecule has 0 bridgehead atoms. The van der Waals surface area contributed by atoms with Gasteiger partial charge in [-0.2, -0.15) is 0 Å². The Morgan fingerprint density at radius 2 is 1.43 bits per heavy atom. The standard InChI is InChI=1S/C4H10O2.Ar/c1-4(5-2)6-3;/h4H,1-3H3;. The van der Waals surface area contributed by atoms with Crippen molar-refractivity contribution in [2.45, 2.75) is 13.2 Å². The summed E-state index contributed by atoms with van der Waals surface area (Å²) >= 11 is 0. The van der Waals surface area contributed by atoms with Crippen LogP contribution in [0, 0.1) is 37.7 Å². The van der Waals surface area contributed by atoms with E-state index in [1.165, 1.54) is 0 Å². The van der Waals surface area contributed by atoms with Crippen molar-refractivity contribution in [3.05, 3.63) is 0 Å². The summed E-state index contributed by atoms with van der Waals surface area (Å²) in [6.45, 7) is 1.83. The predicted octanol–water partition coefficient (Wildman–Crippen LogP) is 0.625. The van der Waals surface area contributed by atoms with Crippen LogP contribution < -0.4 is 0 Å². The maximum Gasteiger partial charge on any atom is 0.154 e. The van der Waals surface area contributed by atoms with Gasteiger partial charge >= 0.3 is 0 Å². The third-order valence-corrected chi connectivity index (χ3v) is 0.664. The maximum atomic E-state index is 4.68. The van der Waals surface area contributed by atoms with Crippen LogP contribution in [0.3, 0.4) is 0 Å². The molecule has 0 aromatic heterocycles. The molecule has 0 aromatic carbocycles. The molecule has 2 nitrogen and oxygen atoms in total. The number of rotatable bonds is 2. The Morgan fingerprint density at radius 3 is 1.43 bits per heavy atom. The van der Waals surface area contributed by atoms with Gasteiger partial charge in [-0.15, -0.1) is 0 Å². The molecule has 0 atom stereocenters. The van der Waals surface area contributed by atoms with Crippen molar-refractivity contribution in [3.63, 3.8) is 0 Å². The predicted molar refractivity (Wildman–Crippen MR) is 23.5 cm³/mol. The average molecular weight is 130 g/mol. The number of hydrogen-bond donors (Lipinski definition) is 0. The first-order valence-electron chi connectivity index (χ1n) is 1.87.